The van der Waals surface area contributed by atoms with E-state index in [1.54, 1.807) is 18.2 Å². The number of benzene rings is 1. The molecule has 0 spiro atoms. The third kappa shape index (κ3) is 5.03. The van der Waals surface area contributed by atoms with Gasteiger partial charge in [0.2, 0.25) is 0 Å². The largest absolute Gasteiger partial charge is 0.452 e. The molecule has 0 aliphatic carbocycles. The van der Waals surface area contributed by atoms with Gasteiger partial charge in [-0.15, -0.1) is 0 Å². The molecule has 0 aliphatic heterocycles. The quantitative estimate of drug-likeness (QED) is 0.523. The minimum atomic E-state index is -0.601. The van der Waals surface area contributed by atoms with Crippen LogP contribution in [0.25, 0.3) is 6.08 Å². The second-order valence-corrected chi connectivity index (χ2v) is 4.60. The van der Waals surface area contributed by atoms with E-state index >= 15 is 0 Å². The van der Waals surface area contributed by atoms with Gasteiger partial charge in [0.05, 0.1) is 5.69 Å². The van der Waals surface area contributed by atoms with Crippen molar-refractivity contribution in [2.24, 2.45) is 0 Å². The lowest BCUT2D eigenvalue weighted by atomic mass is 10.2. The van der Waals surface area contributed by atoms with Gasteiger partial charge in [-0.25, -0.2) is 9.78 Å². The standard InChI is InChI=1S/C16H13ClN2O3/c17-16-13(7-4-10-18-16)19-14(20)11-22-15(21)9-8-12-5-2-1-3-6-12/h1-10H,11H2,(H,19,20)/b9-8+. The molecule has 2 aromatic rings. The van der Waals surface area contributed by atoms with Crippen LogP contribution in [0, 0.1) is 0 Å². The van der Waals surface area contributed by atoms with Crippen LogP contribution < -0.4 is 5.32 Å². The van der Waals surface area contributed by atoms with Gasteiger partial charge in [-0.3, -0.25) is 4.79 Å². The summed E-state index contributed by atoms with van der Waals surface area (Å²) in [7, 11) is 0. The number of anilines is 1. The summed E-state index contributed by atoms with van der Waals surface area (Å²) < 4.78 is 4.84. The third-order valence-corrected chi connectivity index (χ3v) is 2.89. The van der Waals surface area contributed by atoms with E-state index in [4.69, 9.17) is 16.3 Å². The molecule has 0 unspecified atom stereocenters. The second kappa shape index (κ2) is 7.95. The average molecular weight is 317 g/mol. The third-order valence-electron chi connectivity index (χ3n) is 2.59. The molecule has 2 rings (SSSR count). The zero-order valence-corrected chi connectivity index (χ0v) is 12.3. The molecular formula is C16H13ClN2O3. The van der Waals surface area contributed by atoms with Gasteiger partial charge in [0.1, 0.15) is 0 Å². The molecule has 1 aromatic heterocycles. The van der Waals surface area contributed by atoms with E-state index in [0.717, 1.165) is 5.56 Å². The molecule has 22 heavy (non-hydrogen) atoms. The van der Waals surface area contributed by atoms with E-state index < -0.39 is 18.5 Å². The summed E-state index contributed by atoms with van der Waals surface area (Å²) in [4.78, 5) is 27.0. The number of nitrogens with zero attached hydrogens (tertiary/aromatic N) is 1. The summed E-state index contributed by atoms with van der Waals surface area (Å²) in [5, 5.41) is 2.68. The zero-order chi connectivity index (χ0) is 15.8. The van der Waals surface area contributed by atoms with E-state index in [9.17, 15) is 9.59 Å². The van der Waals surface area contributed by atoms with Crippen LogP contribution in [-0.4, -0.2) is 23.5 Å². The number of ether oxygens (including phenoxy) is 1. The Bertz CT molecular complexity index is 687. The maximum atomic E-state index is 11.6. The normalized spacial score (nSPS) is 10.4. The van der Waals surface area contributed by atoms with Crippen LogP contribution in [0.3, 0.4) is 0 Å². The Morgan fingerprint density at radius 2 is 1.95 bits per heavy atom. The van der Waals surface area contributed by atoms with Gasteiger partial charge in [0.25, 0.3) is 5.91 Å². The summed E-state index contributed by atoms with van der Waals surface area (Å²) >= 11 is 5.80. The Labute approximate surface area is 132 Å². The molecule has 112 valence electrons. The Balaban J connectivity index is 1.80. The molecule has 6 heteroatoms. The molecule has 1 amide bonds. The molecule has 0 bridgehead atoms. The van der Waals surface area contributed by atoms with Crippen molar-refractivity contribution in [3.8, 4) is 0 Å². The molecule has 0 fully saturated rings. The zero-order valence-electron chi connectivity index (χ0n) is 11.5. The number of aromatic nitrogens is 1. The lowest BCUT2D eigenvalue weighted by molar-refractivity contribution is -0.142. The van der Waals surface area contributed by atoms with Gasteiger partial charge < -0.3 is 10.1 Å². The fourth-order valence-electron chi connectivity index (χ4n) is 1.58. The van der Waals surface area contributed by atoms with Crippen LogP contribution in [0.1, 0.15) is 5.56 Å². The molecule has 1 N–H and O–H groups in total. The molecule has 0 radical (unpaired) electrons. The predicted molar refractivity (Wildman–Crippen MR) is 84.3 cm³/mol. The fraction of sp³-hybridized carbons (Fsp3) is 0.0625. The topological polar surface area (TPSA) is 68.3 Å². The molecule has 0 aliphatic rings. The lowest BCUT2D eigenvalue weighted by Gasteiger charge is -2.06. The molecule has 1 heterocycles. The maximum Gasteiger partial charge on any atom is 0.331 e. The number of nitrogens with one attached hydrogen (secondary N) is 1. The van der Waals surface area contributed by atoms with Crippen molar-refractivity contribution in [3.63, 3.8) is 0 Å². The highest BCUT2D eigenvalue weighted by molar-refractivity contribution is 6.32. The van der Waals surface area contributed by atoms with Gasteiger partial charge in [-0.2, -0.15) is 0 Å². The van der Waals surface area contributed by atoms with Gasteiger partial charge in [0.15, 0.2) is 11.8 Å². The van der Waals surface area contributed by atoms with Gasteiger partial charge in [0, 0.05) is 12.3 Å². The molecule has 1 aromatic carbocycles. The van der Waals surface area contributed by atoms with E-state index in [0.29, 0.717) is 5.69 Å². The first-order chi connectivity index (χ1) is 10.6. The van der Waals surface area contributed by atoms with Crippen LogP contribution >= 0.6 is 11.6 Å². The van der Waals surface area contributed by atoms with Crippen molar-refractivity contribution in [3.05, 3.63) is 65.5 Å². The first kappa shape index (κ1) is 15.7. The smallest absolute Gasteiger partial charge is 0.331 e. The average Bonchev–Trinajstić information content (AvgIpc) is 2.54. The maximum absolute atomic E-state index is 11.6. The SMILES string of the molecule is O=C(COC(=O)/C=C/c1ccccc1)Nc1cccnc1Cl. The molecule has 0 atom stereocenters. The number of esters is 1. The Morgan fingerprint density at radius 3 is 2.68 bits per heavy atom. The Morgan fingerprint density at radius 1 is 1.18 bits per heavy atom. The van der Waals surface area contributed by atoms with Crippen molar-refractivity contribution in [2.75, 3.05) is 11.9 Å². The van der Waals surface area contributed by atoms with E-state index in [1.807, 2.05) is 30.3 Å². The summed E-state index contributed by atoms with van der Waals surface area (Å²) in [6.45, 7) is -0.400. The van der Waals surface area contributed by atoms with Crippen molar-refractivity contribution >= 4 is 35.2 Å². The predicted octanol–water partition coefficient (Wildman–Crippen LogP) is 2.93. The summed E-state index contributed by atoms with van der Waals surface area (Å²) in [5.41, 5.74) is 1.23. The van der Waals surface area contributed by atoms with Crippen molar-refractivity contribution in [2.45, 2.75) is 0 Å². The van der Waals surface area contributed by atoms with Crippen molar-refractivity contribution in [1.82, 2.24) is 4.98 Å². The summed E-state index contributed by atoms with van der Waals surface area (Å²) in [5.74, 6) is -1.09. The number of hydrogen-bond acceptors (Lipinski definition) is 4. The van der Waals surface area contributed by atoms with Crippen molar-refractivity contribution in [1.29, 1.82) is 0 Å². The Kier molecular flexibility index (Phi) is 5.68. The van der Waals surface area contributed by atoms with Gasteiger partial charge >= 0.3 is 5.97 Å². The highest BCUT2D eigenvalue weighted by atomic mass is 35.5. The number of halogens is 1. The summed E-state index contributed by atoms with van der Waals surface area (Å²) in [6.07, 6.45) is 4.38. The first-order valence-electron chi connectivity index (χ1n) is 6.45. The Hall–Kier alpha value is -2.66. The summed E-state index contributed by atoms with van der Waals surface area (Å²) in [6, 6.07) is 12.5. The number of amides is 1. The molecule has 0 saturated carbocycles. The molecule has 0 saturated heterocycles. The number of rotatable bonds is 5. The van der Waals surface area contributed by atoms with Crippen molar-refractivity contribution < 1.29 is 14.3 Å². The highest BCUT2D eigenvalue weighted by Crippen LogP contribution is 2.17. The first-order valence-corrected chi connectivity index (χ1v) is 6.83. The number of hydrogen-bond donors (Lipinski definition) is 1. The van der Waals surface area contributed by atoms with E-state index in [-0.39, 0.29) is 5.15 Å². The number of carbonyl (C=O) groups excluding carboxylic acids is 2. The van der Waals surface area contributed by atoms with Crippen LogP contribution in [0.15, 0.2) is 54.7 Å². The highest BCUT2D eigenvalue weighted by Gasteiger charge is 2.08. The minimum Gasteiger partial charge on any atom is -0.452 e. The van der Waals surface area contributed by atoms with Crippen LogP contribution in [0.2, 0.25) is 5.15 Å². The monoisotopic (exact) mass is 316 g/mol. The number of pyridine rings is 1. The van der Waals surface area contributed by atoms with E-state index in [1.165, 1.54) is 12.3 Å². The van der Waals surface area contributed by atoms with Gasteiger partial charge in [-0.05, 0) is 23.8 Å². The molecular weight excluding hydrogens is 304 g/mol. The molecule has 5 nitrogen and oxygen atoms in total. The fourth-order valence-corrected chi connectivity index (χ4v) is 1.75. The van der Waals surface area contributed by atoms with E-state index in [2.05, 4.69) is 10.3 Å². The van der Waals surface area contributed by atoms with Gasteiger partial charge in [-0.1, -0.05) is 41.9 Å². The van der Waals surface area contributed by atoms with Crippen LogP contribution in [0.4, 0.5) is 5.69 Å². The number of carbonyl (C=O) groups is 2. The minimum absolute atomic E-state index is 0.172. The lowest BCUT2D eigenvalue weighted by Crippen LogP contribution is -2.20. The van der Waals surface area contributed by atoms with Crippen LogP contribution in [-0.2, 0) is 14.3 Å². The van der Waals surface area contributed by atoms with Crippen LogP contribution in [0.5, 0.6) is 0 Å². The second-order valence-electron chi connectivity index (χ2n) is 4.24.